The van der Waals surface area contributed by atoms with Gasteiger partial charge >= 0.3 is 5.97 Å². The first-order chi connectivity index (χ1) is 9.41. The molecule has 0 radical (unpaired) electrons. The van der Waals surface area contributed by atoms with Gasteiger partial charge in [0.05, 0.1) is 11.5 Å². The highest BCUT2D eigenvalue weighted by molar-refractivity contribution is 5.81. The van der Waals surface area contributed by atoms with Gasteiger partial charge in [0.15, 0.2) is 0 Å². The van der Waals surface area contributed by atoms with Gasteiger partial charge in [0.2, 0.25) is 0 Å². The Labute approximate surface area is 121 Å². The molecule has 0 saturated heterocycles. The van der Waals surface area contributed by atoms with Gasteiger partial charge in [-0.05, 0) is 70.6 Å². The number of aliphatic hydroxyl groups excluding tert-OH is 1. The molecule has 0 aromatic rings. The first kappa shape index (κ1) is 14.1. The van der Waals surface area contributed by atoms with Crippen LogP contribution in [0.2, 0.25) is 0 Å². The van der Waals surface area contributed by atoms with E-state index in [4.69, 9.17) is 4.74 Å². The number of ether oxygens (including phenoxy) is 1. The lowest BCUT2D eigenvalue weighted by Gasteiger charge is -2.39. The third-order valence-corrected chi connectivity index (χ3v) is 5.72. The molecule has 3 rings (SSSR count). The van der Waals surface area contributed by atoms with Crippen molar-refractivity contribution in [3.63, 3.8) is 0 Å². The fourth-order valence-electron chi connectivity index (χ4n) is 4.20. The predicted molar refractivity (Wildman–Crippen MR) is 77.0 cm³/mol. The normalized spacial score (nSPS) is 40.0. The van der Waals surface area contributed by atoms with Crippen molar-refractivity contribution in [2.75, 3.05) is 0 Å². The highest BCUT2D eigenvalue weighted by atomic mass is 16.6. The van der Waals surface area contributed by atoms with Gasteiger partial charge in [0.1, 0.15) is 5.60 Å². The SMILES string of the molecule is CC(C)(OC(=O)C12C=CC(CC1)C2)C1CCC(O)CC1. The maximum absolute atomic E-state index is 12.6. The van der Waals surface area contributed by atoms with Gasteiger partial charge in [-0.2, -0.15) is 0 Å². The van der Waals surface area contributed by atoms with Crippen LogP contribution in [0.1, 0.15) is 58.8 Å². The van der Waals surface area contributed by atoms with Crippen LogP contribution in [0.4, 0.5) is 0 Å². The standard InChI is InChI=1S/C17H26O3/c1-16(2,13-3-5-14(18)6-4-13)20-15(19)17-9-7-12(11-17)8-10-17/h7,9,12-14,18H,3-6,8,10-11H2,1-2H3. The highest BCUT2D eigenvalue weighted by Crippen LogP contribution is 2.50. The molecular weight excluding hydrogens is 252 g/mol. The Kier molecular flexibility index (Phi) is 3.44. The van der Waals surface area contributed by atoms with Gasteiger partial charge in [-0.15, -0.1) is 0 Å². The summed E-state index contributed by atoms with van der Waals surface area (Å²) in [6, 6.07) is 0. The number of allylic oxidation sites excluding steroid dienone is 1. The average molecular weight is 278 g/mol. The molecule has 0 spiro atoms. The lowest BCUT2D eigenvalue weighted by Crippen LogP contribution is -2.43. The predicted octanol–water partition coefficient (Wildman–Crippen LogP) is 3.22. The molecule has 2 bridgehead atoms. The molecular formula is C17H26O3. The first-order valence-corrected chi connectivity index (χ1v) is 8.02. The van der Waals surface area contributed by atoms with Crippen molar-refractivity contribution in [1.29, 1.82) is 0 Å². The van der Waals surface area contributed by atoms with Crippen LogP contribution in [0.5, 0.6) is 0 Å². The van der Waals surface area contributed by atoms with Gasteiger partial charge < -0.3 is 9.84 Å². The minimum absolute atomic E-state index is 0.0233. The minimum atomic E-state index is -0.416. The molecule has 0 aromatic heterocycles. The Balaban J connectivity index is 1.64. The Morgan fingerprint density at radius 2 is 1.95 bits per heavy atom. The second kappa shape index (κ2) is 4.87. The van der Waals surface area contributed by atoms with Crippen molar-refractivity contribution in [2.45, 2.75) is 70.5 Å². The molecule has 20 heavy (non-hydrogen) atoms. The monoisotopic (exact) mass is 278 g/mol. The number of hydrogen-bond donors (Lipinski definition) is 1. The van der Waals surface area contributed by atoms with E-state index in [9.17, 15) is 9.90 Å². The van der Waals surface area contributed by atoms with E-state index in [0.717, 1.165) is 44.9 Å². The van der Waals surface area contributed by atoms with Crippen LogP contribution in [-0.2, 0) is 9.53 Å². The van der Waals surface area contributed by atoms with Crippen LogP contribution in [0.15, 0.2) is 12.2 Å². The van der Waals surface area contributed by atoms with Crippen LogP contribution in [0, 0.1) is 17.3 Å². The molecule has 3 aliphatic carbocycles. The van der Waals surface area contributed by atoms with Crippen molar-refractivity contribution in [3.05, 3.63) is 12.2 Å². The summed E-state index contributed by atoms with van der Waals surface area (Å²) in [7, 11) is 0. The minimum Gasteiger partial charge on any atom is -0.459 e. The number of esters is 1. The third kappa shape index (κ3) is 2.41. The summed E-state index contributed by atoms with van der Waals surface area (Å²) in [6.45, 7) is 4.07. The molecule has 0 amide bonds. The smallest absolute Gasteiger partial charge is 0.316 e. The summed E-state index contributed by atoms with van der Waals surface area (Å²) in [4.78, 5) is 12.6. The lowest BCUT2D eigenvalue weighted by molar-refractivity contribution is -0.173. The fourth-order valence-corrected chi connectivity index (χ4v) is 4.20. The van der Waals surface area contributed by atoms with E-state index in [2.05, 4.69) is 12.2 Å². The zero-order valence-electron chi connectivity index (χ0n) is 12.6. The summed E-state index contributed by atoms with van der Waals surface area (Å²) in [5, 5.41) is 9.61. The molecule has 0 heterocycles. The maximum atomic E-state index is 12.6. The maximum Gasteiger partial charge on any atom is 0.316 e. The number of carbonyl (C=O) groups is 1. The van der Waals surface area contributed by atoms with Crippen LogP contribution in [-0.4, -0.2) is 22.8 Å². The number of rotatable bonds is 3. The lowest BCUT2D eigenvalue weighted by atomic mass is 9.77. The van der Waals surface area contributed by atoms with Crippen molar-refractivity contribution in [1.82, 2.24) is 0 Å². The number of hydrogen-bond acceptors (Lipinski definition) is 3. The van der Waals surface area contributed by atoms with Crippen LogP contribution in [0.3, 0.4) is 0 Å². The Hall–Kier alpha value is -0.830. The van der Waals surface area contributed by atoms with Gasteiger partial charge in [-0.25, -0.2) is 0 Å². The molecule has 2 atom stereocenters. The second-order valence-corrected chi connectivity index (χ2v) is 7.52. The van der Waals surface area contributed by atoms with E-state index >= 15 is 0 Å². The second-order valence-electron chi connectivity index (χ2n) is 7.52. The van der Waals surface area contributed by atoms with Crippen molar-refractivity contribution < 1.29 is 14.6 Å². The van der Waals surface area contributed by atoms with E-state index < -0.39 is 5.60 Å². The Morgan fingerprint density at radius 1 is 1.25 bits per heavy atom. The van der Waals surface area contributed by atoms with Gasteiger partial charge in [-0.1, -0.05) is 12.2 Å². The molecule has 112 valence electrons. The average Bonchev–Trinajstić information content (AvgIpc) is 3.00. The van der Waals surface area contributed by atoms with Crippen molar-refractivity contribution >= 4 is 5.97 Å². The van der Waals surface area contributed by atoms with Crippen molar-refractivity contribution in [2.24, 2.45) is 17.3 Å². The summed E-state index contributed by atoms with van der Waals surface area (Å²) in [5.41, 5.74) is -0.739. The zero-order chi connectivity index (χ0) is 14.4. The molecule has 3 heteroatoms. The molecule has 3 nitrogen and oxygen atoms in total. The number of aliphatic hydroxyl groups is 1. The largest absolute Gasteiger partial charge is 0.459 e. The Morgan fingerprint density at radius 3 is 2.45 bits per heavy atom. The molecule has 2 unspecified atom stereocenters. The molecule has 2 saturated carbocycles. The molecule has 1 N–H and O–H groups in total. The van der Waals surface area contributed by atoms with Crippen LogP contribution < -0.4 is 0 Å². The highest BCUT2D eigenvalue weighted by Gasteiger charge is 2.49. The fraction of sp³-hybridized carbons (Fsp3) is 0.824. The molecule has 2 fully saturated rings. The van der Waals surface area contributed by atoms with Gasteiger partial charge in [0.25, 0.3) is 0 Å². The summed E-state index contributed by atoms with van der Waals surface area (Å²) in [5.74, 6) is 0.939. The van der Waals surface area contributed by atoms with Gasteiger partial charge in [0, 0.05) is 0 Å². The third-order valence-electron chi connectivity index (χ3n) is 5.72. The van der Waals surface area contributed by atoms with Gasteiger partial charge in [-0.3, -0.25) is 4.79 Å². The van der Waals surface area contributed by atoms with E-state index in [1.54, 1.807) is 0 Å². The van der Waals surface area contributed by atoms with E-state index in [0.29, 0.717) is 11.8 Å². The quantitative estimate of drug-likeness (QED) is 0.637. The molecule has 3 aliphatic rings. The van der Waals surface area contributed by atoms with E-state index in [-0.39, 0.29) is 17.5 Å². The Bertz CT molecular complexity index is 418. The summed E-state index contributed by atoms with van der Waals surface area (Å²) >= 11 is 0. The summed E-state index contributed by atoms with van der Waals surface area (Å²) in [6.07, 6.45) is 10.7. The van der Waals surface area contributed by atoms with Crippen LogP contribution >= 0.6 is 0 Å². The first-order valence-electron chi connectivity index (χ1n) is 8.02. The number of carbonyl (C=O) groups excluding carboxylic acids is 1. The van der Waals surface area contributed by atoms with Crippen molar-refractivity contribution in [3.8, 4) is 0 Å². The van der Waals surface area contributed by atoms with E-state index in [1.165, 1.54) is 0 Å². The zero-order valence-corrected chi connectivity index (χ0v) is 12.6. The molecule has 0 aliphatic heterocycles. The van der Waals surface area contributed by atoms with E-state index in [1.807, 2.05) is 13.8 Å². The van der Waals surface area contributed by atoms with Crippen LogP contribution in [0.25, 0.3) is 0 Å². The summed E-state index contributed by atoms with van der Waals surface area (Å²) < 4.78 is 5.95. The topological polar surface area (TPSA) is 46.5 Å². The molecule has 0 aromatic carbocycles. The number of fused-ring (bicyclic) bond motifs is 2.